The van der Waals surface area contributed by atoms with Gasteiger partial charge in [0.05, 0.1) is 24.5 Å². The summed E-state index contributed by atoms with van der Waals surface area (Å²) in [5.41, 5.74) is 0. The number of hydrogen-bond acceptors (Lipinski definition) is 2. The van der Waals surface area contributed by atoms with E-state index in [0.29, 0.717) is 11.4 Å². The molecule has 116 valence electrons. The summed E-state index contributed by atoms with van der Waals surface area (Å²) in [5.74, 6) is 0. The number of quaternary nitrogens is 1. The summed E-state index contributed by atoms with van der Waals surface area (Å²) in [7, 11) is -3.37. The third-order valence-electron chi connectivity index (χ3n) is 3.12. The van der Waals surface area contributed by atoms with Gasteiger partial charge >= 0.3 is 0 Å². The van der Waals surface area contributed by atoms with Gasteiger partial charge in [-0.15, -0.1) is 0 Å². The van der Waals surface area contributed by atoms with Crippen molar-refractivity contribution in [1.82, 2.24) is 4.72 Å². The maximum atomic E-state index is 12.0. The molecule has 0 atom stereocenters. The highest BCUT2D eigenvalue weighted by molar-refractivity contribution is 9.10. The van der Waals surface area contributed by atoms with Crippen molar-refractivity contribution >= 4 is 26.0 Å². The van der Waals surface area contributed by atoms with Gasteiger partial charge in [-0.2, -0.15) is 0 Å². The Labute approximate surface area is 136 Å². The van der Waals surface area contributed by atoms with Crippen molar-refractivity contribution in [3.8, 4) is 0 Å². The molecule has 0 bridgehead atoms. The Morgan fingerprint density at radius 1 is 1.15 bits per heavy atom. The van der Waals surface area contributed by atoms with Crippen molar-refractivity contribution in [2.24, 2.45) is 0 Å². The van der Waals surface area contributed by atoms with E-state index >= 15 is 0 Å². The summed E-state index contributed by atoms with van der Waals surface area (Å²) in [6, 6.07) is 6.66. The Kier molecular flexibility index (Phi) is 9.67. The summed E-state index contributed by atoms with van der Waals surface area (Å²) < 4.78 is 27.5. The topological polar surface area (TPSA) is 50.6 Å². The van der Waals surface area contributed by atoms with Gasteiger partial charge in [0.2, 0.25) is 10.0 Å². The number of rotatable bonds is 8. The minimum absolute atomic E-state index is 0. The smallest absolute Gasteiger partial charge is 0.240 e. The molecule has 7 heteroatoms. The maximum Gasteiger partial charge on any atom is 0.240 e. The Morgan fingerprint density at radius 3 is 2.20 bits per heavy atom. The van der Waals surface area contributed by atoms with Gasteiger partial charge in [0.1, 0.15) is 0 Å². The molecule has 2 N–H and O–H groups in total. The van der Waals surface area contributed by atoms with Crippen LogP contribution < -0.4 is 22.0 Å². The van der Waals surface area contributed by atoms with Gasteiger partial charge in [-0.25, -0.2) is 13.1 Å². The van der Waals surface area contributed by atoms with Crippen molar-refractivity contribution < 1.29 is 25.7 Å². The van der Waals surface area contributed by atoms with E-state index in [-0.39, 0.29) is 12.4 Å². The highest BCUT2D eigenvalue weighted by Gasteiger charge is 2.13. The van der Waals surface area contributed by atoms with Crippen LogP contribution in [0.3, 0.4) is 0 Å². The second-order valence-electron chi connectivity index (χ2n) is 4.41. The third-order valence-corrected chi connectivity index (χ3v) is 5.13. The Bertz CT molecular complexity index is 476. The lowest BCUT2D eigenvalue weighted by molar-refractivity contribution is -0.896. The molecule has 0 aliphatic rings. The number of hydrogen-bond donors (Lipinski definition) is 2. The fourth-order valence-corrected chi connectivity index (χ4v) is 3.18. The van der Waals surface area contributed by atoms with E-state index in [9.17, 15) is 8.42 Å². The van der Waals surface area contributed by atoms with Gasteiger partial charge in [-0.05, 0) is 38.1 Å². The summed E-state index contributed by atoms with van der Waals surface area (Å²) in [5, 5.41) is 0. The van der Waals surface area contributed by atoms with Gasteiger partial charge in [0.15, 0.2) is 0 Å². The summed E-state index contributed by atoms with van der Waals surface area (Å²) in [6.45, 7) is 7.93. The molecular formula is C13H22BrClN2O2S. The van der Waals surface area contributed by atoms with E-state index in [1.807, 2.05) is 0 Å². The molecule has 0 unspecified atom stereocenters. The molecule has 0 aliphatic carbocycles. The molecule has 0 saturated heterocycles. The average molecular weight is 386 g/mol. The van der Waals surface area contributed by atoms with Gasteiger partial charge in [0, 0.05) is 17.4 Å². The number of nitrogens with one attached hydrogen (secondary N) is 2. The lowest BCUT2D eigenvalue weighted by atomic mass is 10.4. The van der Waals surface area contributed by atoms with Gasteiger partial charge in [-0.1, -0.05) is 15.9 Å². The Balaban J connectivity index is 0.00000361. The van der Waals surface area contributed by atoms with E-state index in [1.165, 1.54) is 4.90 Å². The van der Waals surface area contributed by atoms with Crippen LogP contribution >= 0.6 is 15.9 Å². The van der Waals surface area contributed by atoms with E-state index in [2.05, 4.69) is 34.5 Å². The monoisotopic (exact) mass is 384 g/mol. The van der Waals surface area contributed by atoms with Crippen molar-refractivity contribution in [2.45, 2.75) is 25.2 Å². The molecule has 0 aromatic heterocycles. The third kappa shape index (κ3) is 6.54. The van der Waals surface area contributed by atoms with Crippen molar-refractivity contribution in [2.75, 3.05) is 26.2 Å². The Hall–Kier alpha value is -0.140. The Morgan fingerprint density at radius 2 is 1.70 bits per heavy atom. The summed E-state index contributed by atoms with van der Waals surface area (Å²) in [4.78, 5) is 1.80. The molecule has 1 aromatic rings. The van der Waals surface area contributed by atoms with E-state index < -0.39 is 10.0 Å². The average Bonchev–Trinajstić information content (AvgIpc) is 2.39. The summed E-state index contributed by atoms with van der Waals surface area (Å²) in [6.07, 6.45) is 0.854. The van der Waals surface area contributed by atoms with Gasteiger partial charge in [-0.3, -0.25) is 0 Å². The number of benzene rings is 1. The first-order valence-electron chi connectivity index (χ1n) is 6.58. The van der Waals surface area contributed by atoms with E-state index in [4.69, 9.17) is 0 Å². The van der Waals surface area contributed by atoms with Crippen LogP contribution in [0.4, 0.5) is 0 Å². The summed E-state index contributed by atoms with van der Waals surface area (Å²) >= 11 is 3.29. The molecule has 1 rings (SSSR count). The van der Waals surface area contributed by atoms with E-state index in [1.54, 1.807) is 24.3 Å². The lowest BCUT2D eigenvalue weighted by Crippen LogP contribution is -3.11. The van der Waals surface area contributed by atoms with Crippen LogP contribution in [-0.2, 0) is 10.0 Å². The first-order chi connectivity index (χ1) is 8.99. The van der Waals surface area contributed by atoms with Crippen molar-refractivity contribution in [3.63, 3.8) is 0 Å². The van der Waals surface area contributed by atoms with Crippen LogP contribution in [0.1, 0.15) is 20.3 Å². The molecule has 1 aromatic carbocycles. The lowest BCUT2D eigenvalue weighted by Gasteiger charge is -2.15. The van der Waals surface area contributed by atoms with Gasteiger partial charge in [0.25, 0.3) is 0 Å². The molecule has 0 amide bonds. The standard InChI is InChI=1S/C13H21BrN2O2S.ClH/c1-3-16(4-2)11-5-10-15-19(17,18)13-8-6-12(14)7-9-13;/h6-9,15H,3-5,10-11H2,1-2H3;1H. The minimum atomic E-state index is -3.37. The first kappa shape index (κ1) is 19.9. The zero-order chi connectivity index (χ0) is 14.3. The zero-order valence-electron chi connectivity index (χ0n) is 11.8. The minimum Gasteiger partial charge on any atom is -1.00 e. The first-order valence-corrected chi connectivity index (χ1v) is 8.86. The SMILES string of the molecule is CC[NH+](CC)CCCNS(=O)(=O)c1ccc(Br)cc1.[Cl-]. The highest BCUT2D eigenvalue weighted by Crippen LogP contribution is 2.14. The largest absolute Gasteiger partial charge is 1.00 e. The normalized spacial score (nSPS) is 11.4. The van der Waals surface area contributed by atoms with Crippen LogP contribution in [0.5, 0.6) is 0 Å². The molecule has 0 saturated carbocycles. The fraction of sp³-hybridized carbons (Fsp3) is 0.538. The van der Waals surface area contributed by atoms with Crippen LogP contribution in [0.2, 0.25) is 0 Å². The number of halogens is 2. The van der Waals surface area contributed by atoms with Crippen molar-refractivity contribution in [3.05, 3.63) is 28.7 Å². The predicted molar refractivity (Wildman–Crippen MR) is 80.9 cm³/mol. The van der Waals surface area contributed by atoms with Crippen LogP contribution in [0, 0.1) is 0 Å². The molecule has 0 aliphatic heterocycles. The molecule has 4 nitrogen and oxygen atoms in total. The zero-order valence-corrected chi connectivity index (χ0v) is 15.0. The molecule has 20 heavy (non-hydrogen) atoms. The predicted octanol–water partition coefficient (Wildman–Crippen LogP) is -1.95. The second-order valence-corrected chi connectivity index (χ2v) is 7.09. The molecule has 0 spiro atoms. The van der Waals surface area contributed by atoms with Crippen LogP contribution in [0.25, 0.3) is 0 Å². The number of sulfonamides is 1. The molecular weight excluding hydrogens is 364 g/mol. The molecule has 0 radical (unpaired) electrons. The van der Waals surface area contributed by atoms with E-state index in [0.717, 1.165) is 30.5 Å². The van der Waals surface area contributed by atoms with Crippen LogP contribution in [0.15, 0.2) is 33.6 Å². The maximum absolute atomic E-state index is 12.0. The quantitative estimate of drug-likeness (QED) is 0.511. The fourth-order valence-electron chi connectivity index (χ4n) is 1.85. The second kappa shape index (κ2) is 9.73. The molecule has 0 heterocycles. The van der Waals surface area contributed by atoms with Crippen LogP contribution in [-0.4, -0.2) is 34.6 Å². The highest BCUT2D eigenvalue weighted by atomic mass is 79.9. The van der Waals surface area contributed by atoms with Gasteiger partial charge < -0.3 is 17.3 Å². The molecule has 0 fully saturated rings. The van der Waals surface area contributed by atoms with Crippen molar-refractivity contribution in [1.29, 1.82) is 0 Å².